The van der Waals surface area contributed by atoms with Crippen LogP contribution >= 0.6 is 11.6 Å². The van der Waals surface area contributed by atoms with Gasteiger partial charge in [0, 0.05) is 11.1 Å². The van der Waals surface area contributed by atoms with Crippen LogP contribution in [0.4, 0.5) is 0 Å². The summed E-state index contributed by atoms with van der Waals surface area (Å²) < 4.78 is 5.85. The fourth-order valence-electron chi connectivity index (χ4n) is 1.93. The molecule has 0 spiro atoms. The lowest BCUT2D eigenvalue weighted by Gasteiger charge is -2.13. The SMILES string of the molecule is Cc1cccc(CCl)c1OCc1ccccc1C#N. The molecule has 0 aliphatic heterocycles. The first-order valence-corrected chi connectivity index (χ1v) is 6.55. The molecule has 0 radical (unpaired) electrons. The summed E-state index contributed by atoms with van der Waals surface area (Å²) in [5.41, 5.74) is 3.54. The highest BCUT2D eigenvalue weighted by molar-refractivity contribution is 6.17. The van der Waals surface area contributed by atoms with Crippen LogP contribution in [-0.2, 0) is 12.5 Å². The maximum atomic E-state index is 9.04. The van der Waals surface area contributed by atoms with Crippen LogP contribution in [0, 0.1) is 18.3 Å². The lowest BCUT2D eigenvalue weighted by atomic mass is 10.1. The molecule has 0 bridgehead atoms. The van der Waals surface area contributed by atoms with Crippen molar-refractivity contribution in [3.63, 3.8) is 0 Å². The van der Waals surface area contributed by atoms with Crippen molar-refractivity contribution in [1.82, 2.24) is 0 Å². The molecule has 2 rings (SSSR count). The van der Waals surface area contributed by atoms with E-state index in [4.69, 9.17) is 21.6 Å². The topological polar surface area (TPSA) is 33.0 Å². The van der Waals surface area contributed by atoms with E-state index >= 15 is 0 Å². The predicted octanol–water partition coefficient (Wildman–Crippen LogP) is 4.18. The molecule has 0 aliphatic rings. The molecule has 96 valence electrons. The van der Waals surface area contributed by atoms with Crippen molar-refractivity contribution in [3.05, 3.63) is 64.7 Å². The second kappa shape index (κ2) is 6.26. The minimum atomic E-state index is 0.373. The summed E-state index contributed by atoms with van der Waals surface area (Å²) >= 11 is 5.91. The van der Waals surface area contributed by atoms with Crippen LogP contribution in [0.5, 0.6) is 5.75 Å². The van der Waals surface area contributed by atoms with Crippen LogP contribution in [0.2, 0.25) is 0 Å². The van der Waals surface area contributed by atoms with E-state index in [1.807, 2.05) is 43.3 Å². The summed E-state index contributed by atoms with van der Waals surface area (Å²) in [6.07, 6.45) is 0. The summed E-state index contributed by atoms with van der Waals surface area (Å²) in [6, 6.07) is 15.5. The summed E-state index contributed by atoms with van der Waals surface area (Å²) in [5.74, 6) is 1.22. The van der Waals surface area contributed by atoms with Crippen LogP contribution in [-0.4, -0.2) is 0 Å². The van der Waals surface area contributed by atoms with Gasteiger partial charge in [0.05, 0.1) is 17.5 Å². The monoisotopic (exact) mass is 271 g/mol. The number of ether oxygens (including phenoxy) is 1. The van der Waals surface area contributed by atoms with Crippen LogP contribution in [0.3, 0.4) is 0 Å². The second-order valence-corrected chi connectivity index (χ2v) is 4.52. The van der Waals surface area contributed by atoms with Crippen LogP contribution < -0.4 is 4.74 Å². The van der Waals surface area contributed by atoms with E-state index in [2.05, 4.69) is 6.07 Å². The van der Waals surface area contributed by atoms with Crippen molar-refractivity contribution in [2.75, 3.05) is 0 Å². The number of nitriles is 1. The van der Waals surface area contributed by atoms with E-state index < -0.39 is 0 Å². The van der Waals surface area contributed by atoms with Crippen LogP contribution in [0.15, 0.2) is 42.5 Å². The molecular formula is C16H14ClNO. The molecule has 2 aromatic rings. The number of hydrogen-bond acceptors (Lipinski definition) is 2. The van der Waals surface area contributed by atoms with Gasteiger partial charge in [-0.05, 0) is 18.6 Å². The van der Waals surface area contributed by atoms with Crippen molar-refractivity contribution < 1.29 is 4.74 Å². The highest BCUT2D eigenvalue weighted by atomic mass is 35.5. The largest absolute Gasteiger partial charge is 0.488 e. The molecule has 2 aromatic carbocycles. The molecule has 0 saturated heterocycles. The average molecular weight is 272 g/mol. The van der Waals surface area contributed by atoms with Crippen molar-refractivity contribution in [1.29, 1.82) is 5.26 Å². The maximum Gasteiger partial charge on any atom is 0.127 e. The Morgan fingerprint density at radius 3 is 2.58 bits per heavy atom. The highest BCUT2D eigenvalue weighted by Gasteiger charge is 2.08. The van der Waals surface area contributed by atoms with Gasteiger partial charge in [-0.1, -0.05) is 36.4 Å². The van der Waals surface area contributed by atoms with Crippen molar-refractivity contribution in [2.45, 2.75) is 19.4 Å². The third kappa shape index (κ3) is 3.07. The summed E-state index contributed by atoms with van der Waals surface area (Å²) in [4.78, 5) is 0. The second-order valence-electron chi connectivity index (χ2n) is 4.25. The molecule has 0 aromatic heterocycles. The van der Waals surface area contributed by atoms with Gasteiger partial charge in [0.15, 0.2) is 0 Å². The zero-order chi connectivity index (χ0) is 13.7. The molecule has 0 heterocycles. The van der Waals surface area contributed by atoms with Crippen LogP contribution in [0.1, 0.15) is 22.3 Å². The van der Waals surface area contributed by atoms with Gasteiger partial charge in [0.25, 0.3) is 0 Å². The first-order valence-electron chi connectivity index (χ1n) is 6.01. The Bertz CT molecular complexity index is 616. The number of nitrogens with zero attached hydrogens (tertiary/aromatic N) is 1. The Morgan fingerprint density at radius 2 is 1.84 bits per heavy atom. The van der Waals surface area contributed by atoms with Gasteiger partial charge in [-0.15, -0.1) is 11.6 Å². The molecular weight excluding hydrogens is 258 g/mol. The van der Waals surface area contributed by atoms with E-state index in [9.17, 15) is 0 Å². The molecule has 0 unspecified atom stereocenters. The van der Waals surface area contributed by atoms with E-state index in [0.717, 1.165) is 22.4 Å². The molecule has 2 nitrogen and oxygen atoms in total. The fraction of sp³-hybridized carbons (Fsp3) is 0.188. The van der Waals surface area contributed by atoms with Gasteiger partial charge in [-0.3, -0.25) is 0 Å². The number of rotatable bonds is 4. The van der Waals surface area contributed by atoms with E-state index in [1.54, 1.807) is 6.07 Å². The summed E-state index contributed by atoms with van der Waals surface area (Å²) in [6.45, 7) is 2.36. The Labute approximate surface area is 118 Å². The molecule has 0 fully saturated rings. The molecule has 0 N–H and O–H groups in total. The zero-order valence-corrected chi connectivity index (χ0v) is 11.4. The Kier molecular flexibility index (Phi) is 4.43. The lowest BCUT2D eigenvalue weighted by molar-refractivity contribution is 0.301. The lowest BCUT2D eigenvalue weighted by Crippen LogP contribution is -2.01. The fourth-order valence-corrected chi connectivity index (χ4v) is 2.14. The number of hydrogen-bond donors (Lipinski definition) is 0. The number of aryl methyl sites for hydroxylation is 1. The normalized spacial score (nSPS) is 9.95. The Hall–Kier alpha value is -1.98. The van der Waals surface area contributed by atoms with Crippen molar-refractivity contribution >= 4 is 11.6 Å². The minimum Gasteiger partial charge on any atom is -0.488 e. The van der Waals surface area contributed by atoms with E-state index in [1.165, 1.54) is 0 Å². The first-order chi connectivity index (χ1) is 9.26. The highest BCUT2D eigenvalue weighted by Crippen LogP contribution is 2.26. The van der Waals surface area contributed by atoms with Gasteiger partial charge in [0.1, 0.15) is 12.4 Å². The number of halogens is 1. The molecule has 0 saturated carbocycles. The Morgan fingerprint density at radius 1 is 1.11 bits per heavy atom. The van der Waals surface area contributed by atoms with Gasteiger partial charge < -0.3 is 4.74 Å². The average Bonchev–Trinajstić information content (AvgIpc) is 2.46. The number of alkyl halides is 1. The third-order valence-electron chi connectivity index (χ3n) is 2.95. The smallest absolute Gasteiger partial charge is 0.127 e. The quantitative estimate of drug-likeness (QED) is 0.782. The Balaban J connectivity index is 2.22. The van der Waals surface area contributed by atoms with Crippen molar-refractivity contribution in [2.24, 2.45) is 0 Å². The minimum absolute atomic E-state index is 0.373. The van der Waals surface area contributed by atoms with Gasteiger partial charge in [-0.2, -0.15) is 5.26 Å². The standard InChI is InChI=1S/C16H14ClNO/c1-12-5-4-8-13(9-17)16(12)19-11-15-7-3-2-6-14(15)10-18/h2-8H,9,11H2,1H3. The number of benzene rings is 2. The maximum absolute atomic E-state index is 9.04. The molecule has 0 aliphatic carbocycles. The van der Waals surface area contributed by atoms with Crippen LogP contribution in [0.25, 0.3) is 0 Å². The molecule has 3 heteroatoms. The number of para-hydroxylation sites is 1. The van der Waals surface area contributed by atoms with E-state index in [0.29, 0.717) is 18.1 Å². The first kappa shape index (κ1) is 13.5. The summed E-state index contributed by atoms with van der Waals surface area (Å²) in [7, 11) is 0. The zero-order valence-electron chi connectivity index (χ0n) is 10.7. The summed E-state index contributed by atoms with van der Waals surface area (Å²) in [5, 5.41) is 9.04. The van der Waals surface area contributed by atoms with E-state index in [-0.39, 0.29) is 0 Å². The third-order valence-corrected chi connectivity index (χ3v) is 3.24. The van der Waals surface area contributed by atoms with Gasteiger partial charge in [-0.25, -0.2) is 0 Å². The van der Waals surface area contributed by atoms with Gasteiger partial charge >= 0.3 is 0 Å². The predicted molar refractivity (Wildman–Crippen MR) is 76.2 cm³/mol. The molecule has 0 amide bonds. The molecule has 19 heavy (non-hydrogen) atoms. The van der Waals surface area contributed by atoms with Gasteiger partial charge in [0.2, 0.25) is 0 Å². The molecule has 0 atom stereocenters. The van der Waals surface area contributed by atoms with Crippen molar-refractivity contribution in [3.8, 4) is 11.8 Å².